The number of aryl methyl sites for hydroxylation is 2. The highest BCUT2D eigenvalue weighted by molar-refractivity contribution is 7.77. The molecule has 0 heterocycles. The van der Waals surface area contributed by atoms with Crippen LogP contribution in [0.15, 0.2) is 83.7 Å². The molecule has 0 nitrogen and oxygen atoms in total. The average molecular weight is 318 g/mol. The Labute approximate surface area is 141 Å². The standard InChI is InChI=1S/C22H23P/c1-17-11-5-4-6-14-20(17)23(21-15-9-7-12-18(21)2)22-16-10-8-13-19(22)3/h4,6-16H,5H2,1-3H3. The van der Waals surface area contributed by atoms with Gasteiger partial charge in [-0.2, -0.15) is 0 Å². The highest BCUT2D eigenvalue weighted by atomic mass is 31.1. The van der Waals surface area contributed by atoms with Gasteiger partial charge >= 0.3 is 0 Å². The minimum Gasteiger partial charge on any atom is -0.0807 e. The number of benzene rings is 2. The van der Waals surface area contributed by atoms with Crippen LogP contribution in [0.5, 0.6) is 0 Å². The van der Waals surface area contributed by atoms with Crippen LogP contribution in [0.1, 0.15) is 24.5 Å². The largest absolute Gasteiger partial charge is 0.0807 e. The smallest absolute Gasteiger partial charge is 0.0122 e. The topological polar surface area (TPSA) is 0 Å². The summed E-state index contributed by atoms with van der Waals surface area (Å²) in [6.45, 7) is 6.72. The first-order chi connectivity index (χ1) is 11.2. The molecule has 0 aliphatic heterocycles. The van der Waals surface area contributed by atoms with Gasteiger partial charge in [0.05, 0.1) is 0 Å². The van der Waals surface area contributed by atoms with E-state index in [2.05, 4.69) is 93.6 Å². The lowest BCUT2D eigenvalue weighted by Crippen LogP contribution is -2.18. The first-order valence-electron chi connectivity index (χ1n) is 8.14. The van der Waals surface area contributed by atoms with Gasteiger partial charge in [0, 0.05) is 0 Å². The van der Waals surface area contributed by atoms with Crippen LogP contribution in [0.4, 0.5) is 0 Å². The van der Waals surface area contributed by atoms with Crippen molar-refractivity contribution < 1.29 is 0 Å². The minimum atomic E-state index is -0.526. The lowest BCUT2D eigenvalue weighted by atomic mass is 10.2. The summed E-state index contributed by atoms with van der Waals surface area (Å²) in [5, 5.41) is 4.40. The summed E-state index contributed by atoms with van der Waals surface area (Å²) in [7, 11) is -0.526. The second-order valence-electron chi connectivity index (χ2n) is 6.01. The van der Waals surface area contributed by atoms with Gasteiger partial charge in [0.25, 0.3) is 0 Å². The third-order valence-electron chi connectivity index (χ3n) is 4.31. The van der Waals surface area contributed by atoms with E-state index in [1.807, 2.05) is 0 Å². The van der Waals surface area contributed by atoms with E-state index in [0.29, 0.717) is 0 Å². The Kier molecular flexibility index (Phi) is 4.94. The average Bonchev–Trinajstić information content (AvgIpc) is 2.76. The molecule has 0 fully saturated rings. The molecule has 2 aromatic rings. The van der Waals surface area contributed by atoms with Crippen molar-refractivity contribution in [1.82, 2.24) is 0 Å². The molecule has 2 aromatic carbocycles. The van der Waals surface area contributed by atoms with Crippen LogP contribution in [0.2, 0.25) is 0 Å². The van der Waals surface area contributed by atoms with Gasteiger partial charge in [0.15, 0.2) is 0 Å². The highest BCUT2D eigenvalue weighted by Gasteiger charge is 2.22. The maximum Gasteiger partial charge on any atom is -0.0122 e. The van der Waals surface area contributed by atoms with E-state index < -0.39 is 7.92 Å². The maximum absolute atomic E-state index is 2.35. The van der Waals surface area contributed by atoms with Crippen molar-refractivity contribution in [3.05, 3.63) is 94.8 Å². The van der Waals surface area contributed by atoms with Crippen LogP contribution in [0, 0.1) is 13.8 Å². The van der Waals surface area contributed by atoms with Crippen molar-refractivity contribution in [2.75, 3.05) is 0 Å². The predicted octanol–water partition coefficient (Wildman–Crippen LogP) is 5.53. The molecule has 0 unspecified atom stereocenters. The van der Waals surface area contributed by atoms with E-state index in [1.54, 1.807) is 0 Å². The minimum absolute atomic E-state index is 0.526. The molecule has 0 amide bonds. The van der Waals surface area contributed by atoms with E-state index in [9.17, 15) is 0 Å². The Morgan fingerprint density at radius 3 is 1.91 bits per heavy atom. The molecule has 1 aliphatic carbocycles. The molecule has 1 heteroatoms. The molecule has 0 spiro atoms. The summed E-state index contributed by atoms with van der Waals surface area (Å²) in [5.41, 5.74) is 4.17. The van der Waals surface area contributed by atoms with Crippen molar-refractivity contribution in [3.63, 3.8) is 0 Å². The second-order valence-corrected chi connectivity index (χ2v) is 8.13. The molecule has 116 valence electrons. The Morgan fingerprint density at radius 2 is 1.35 bits per heavy atom. The summed E-state index contributed by atoms with van der Waals surface area (Å²) >= 11 is 0. The summed E-state index contributed by atoms with van der Waals surface area (Å²) in [5.74, 6) is 0. The lowest BCUT2D eigenvalue weighted by Gasteiger charge is -2.25. The molecule has 0 aromatic heterocycles. The molecule has 0 N–H and O–H groups in total. The van der Waals surface area contributed by atoms with Gasteiger partial charge in [-0.1, -0.05) is 72.8 Å². The molecule has 0 saturated heterocycles. The zero-order valence-corrected chi connectivity index (χ0v) is 15.0. The second kappa shape index (κ2) is 7.11. The summed E-state index contributed by atoms with van der Waals surface area (Å²) in [6, 6.07) is 17.7. The molecule has 3 rings (SSSR count). The molecule has 23 heavy (non-hydrogen) atoms. The van der Waals surface area contributed by atoms with Crippen LogP contribution in [0.25, 0.3) is 0 Å². The summed E-state index contributed by atoms with van der Waals surface area (Å²) < 4.78 is 0. The van der Waals surface area contributed by atoms with Crippen molar-refractivity contribution in [3.8, 4) is 0 Å². The SMILES string of the molecule is CC1=CCC=CC=C1P(c1ccccc1C)c1ccccc1C. The Bertz CT molecular complexity index is 748. The van der Waals surface area contributed by atoms with Crippen LogP contribution in [-0.2, 0) is 0 Å². The van der Waals surface area contributed by atoms with E-state index in [1.165, 1.54) is 32.6 Å². The predicted molar refractivity (Wildman–Crippen MR) is 104 cm³/mol. The highest BCUT2D eigenvalue weighted by Crippen LogP contribution is 2.48. The monoisotopic (exact) mass is 318 g/mol. The van der Waals surface area contributed by atoms with Crippen LogP contribution in [0.3, 0.4) is 0 Å². The Balaban J connectivity index is 2.23. The summed E-state index contributed by atoms with van der Waals surface area (Å²) in [4.78, 5) is 0. The first-order valence-corrected chi connectivity index (χ1v) is 9.48. The fourth-order valence-electron chi connectivity index (χ4n) is 2.99. The maximum atomic E-state index is 2.35. The zero-order chi connectivity index (χ0) is 16.2. The Hall–Kier alpha value is -1.91. The van der Waals surface area contributed by atoms with Crippen molar-refractivity contribution >= 4 is 18.5 Å². The molecule has 0 saturated carbocycles. The van der Waals surface area contributed by atoms with E-state index in [4.69, 9.17) is 0 Å². The molecule has 1 aliphatic rings. The molecular weight excluding hydrogens is 295 g/mol. The van der Waals surface area contributed by atoms with Crippen molar-refractivity contribution in [2.45, 2.75) is 27.2 Å². The first kappa shape index (κ1) is 16.0. The van der Waals surface area contributed by atoms with Crippen LogP contribution in [-0.4, -0.2) is 0 Å². The molecule has 0 bridgehead atoms. The van der Waals surface area contributed by atoms with Gasteiger partial charge in [-0.25, -0.2) is 0 Å². The normalized spacial score (nSPS) is 14.4. The quantitative estimate of drug-likeness (QED) is 0.653. The third-order valence-corrected chi connectivity index (χ3v) is 7.26. The van der Waals surface area contributed by atoms with Crippen LogP contribution >= 0.6 is 7.92 Å². The lowest BCUT2D eigenvalue weighted by molar-refractivity contribution is 1.34. The fraction of sp³-hybridized carbons (Fsp3) is 0.182. The van der Waals surface area contributed by atoms with E-state index in [-0.39, 0.29) is 0 Å². The molecule has 0 atom stereocenters. The van der Waals surface area contributed by atoms with Gasteiger partial charge in [0.2, 0.25) is 0 Å². The van der Waals surface area contributed by atoms with Gasteiger partial charge < -0.3 is 0 Å². The van der Waals surface area contributed by atoms with Gasteiger partial charge in [-0.15, -0.1) is 0 Å². The van der Waals surface area contributed by atoms with E-state index >= 15 is 0 Å². The molecular formula is C22H23P. The van der Waals surface area contributed by atoms with Gasteiger partial charge in [-0.05, 0) is 67.7 Å². The fourth-order valence-corrected chi connectivity index (χ4v) is 5.77. The number of hydrogen-bond donors (Lipinski definition) is 0. The number of rotatable bonds is 3. The van der Waals surface area contributed by atoms with E-state index in [0.717, 1.165) is 6.42 Å². The number of hydrogen-bond acceptors (Lipinski definition) is 0. The summed E-state index contributed by atoms with van der Waals surface area (Å²) in [6.07, 6.45) is 10.1. The number of allylic oxidation sites excluding steroid dienone is 6. The Morgan fingerprint density at radius 1 is 0.783 bits per heavy atom. The molecule has 0 radical (unpaired) electrons. The van der Waals surface area contributed by atoms with Gasteiger partial charge in [0.1, 0.15) is 0 Å². The van der Waals surface area contributed by atoms with Crippen molar-refractivity contribution in [1.29, 1.82) is 0 Å². The van der Waals surface area contributed by atoms with Crippen molar-refractivity contribution in [2.24, 2.45) is 0 Å². The third kappa shape index (κ3) is 3.38. The van der Waals surface area contributed by atoms with Gasteiger partial charge in [-0.3, -0.25) is 0 Å². The van der Waals surface area contributed by atoms with Crippen LogP contribution < -0.4 is 10.6 Å². The zero-order valence-electron chi connectivity index (χ0n) is 14.1.